The summed E-state index contributed by atoms with van der Waals surface area (Å²) in [5, 5.41) is 3.32. The normalized spacial score (nSPS) is 15.9. The van der Waals surface area contributed by atoms with Gasteiger partial charge in [-0.05, 0) is 17.7 Å². The number of hydrogen-bond donors (Lipinski definition) is 2. The van der Waals surface area contributed by atoms with Crippen molar-refractivity contribution in [3.63, 3.8) is 0 Å². The summed E-state index contributed by atoms with van der Waals surface area (Å²) in [5.41, 5.74) is 6.44. The van der Waals surface area contributed by atoms with Crippen LogP contribution in [-0.4, -0.2) is 49.0 Å². The van der Waals surface area contributed by atoms with Crippen molar-refractivity contribution in [3.05, 3.63) is 41.0 Å². The third-order valence-corrected chi connectivity index (χ3v) is 5.82. The molecule has 0 atom stereocenters. The molecule has 0 amide bonds. The number of benzene rings is 1. The van der Waals surface area contributed by atoms with Gasteiger partial charge in [0.05, 0.1) is 18.1 Å². The Morgan fingerprint density at radius 1 is 1.20 bits per heavy atom. The van der Waals surface area contributed by atoms with E-state index in [1.807, 2.05) is 0 Å². The van der Waals surface area contributed by atoms with Gasteiger partial charge in [-0.25, -0.2) is 13.4 Å². The number of ether oxygens (including phenoxy) is 1. The summed E-state index contributed by atoms with van der Waals surface area (Å²) in [6.07, 6.45) is 0. The fourth-order valence-corrected chi connectivity index (χ4v) is 4.03. The van der Waals surface area contributed by atoms with Gasteiger partial charge in [-0.2, -0.15) is 9.29 Å². The second-order valence-corrected chi connectivity index (χ2v) is 7.77. The fraction of sp³-hybridized carbons (Fsp3) is 0.333. The summed E-state index contributed by atoms with van der Waals surface area (Å²) in [7, 11) is -3.48. The minimum absolute atomic E-state index is 0.0851. The third-order valence-electron chi connectivity index (χ3n) is 3.72. The van der Waals surface area contributed by atoms with E-state index in [9.17, 15) is 8.42 Å². The predicted molar refractivity (Wildman–Crippen MR) is 94.8 cm³/mol. The Bertz CT molecular complexity index is 818. The average molecular weight is 384 g/mol. The lowest BCUT2D eigenvalue weighted by molar-refractivity contribution is 0.0730. The van der Waals surface area contributed by atoms with Crippen LogP contribution in [0.1, 0.15) is 5.56 Å². The summed E-state index contributed by atoms with van der Waals surface area (Å²) in [4.78, 5) is 8.08. The molecule has 10 heteroatoms. The molecule has 1 fully saturated rings. The Hall–Kier alpha value is -1.94. The first-order chi connectivity index (χ1) is 11.9. The quantitative estimate of drug-likeness (QED) is 0.749. The molecule has 2 aromatic rings. The SMILES string of the molecule is Nc1nc(Cl)cc(NCc2ccc(S(=O)(=O)N3CCOCC3)cc2)n1. The molecule has 1 aromatic heterocycles. The average Bonchev–Trinajstić information content (AvgIpc) is 2.60. The number of morpholine rings is 1. The van der Waals surface area contributed by atoms with E-state index in [1.165, 1.54) is 4.31 Å². The van der Waals surface area contributed by atoms with Gasteiger partial charge in [-0.3, -0.25) is 0 Å². The molecule has 0 spiro atoms. The van der Waals surface area contributed by atoms with Gasteiger partial charge in [0.25, 0.3) is 0 Å². The third kappa shape index (κ3) is 4.37. The lowest BCUT2D eigenvalue weighted by Crippen LogP contribution is -2.40. The predicted octanol–water partition coefficient (Wildman–Crippen LogP) is 1.35. The van der Waals surface area contributed by atoms with Gasteiger partial charge in [0.2, 0.25) is 16.0 Å². The summed E-state index contributed by atoms with van der Waals surface area (Å²) >= 11 is 5.83. The maximum Gasteiger partial charge on any atom is 0.243 e. The van der Waals surface area contributed by atoms with Crippen molar-refractivity contribution in [2.45, 2.75) is 11.4 Å². The maximum atomic E-state index is 12.6. The number of nitrogen functional groups attached to an aromatic ring is 1. The highest BCUT2D eigenvalue weighted by molar-refractivity contribution is 7.89. The molecule has 0 saturated carbocycles. The first-order valence-electron chi connectivity index (χ1n) is 7.66. The van der Waals surface area contributed by atoms with E-state index >= 15 is 0 Å². The van der Waals surface area contributed by atoms with E-state index < -0.39 is 10.0 Å². The monoisotopic (exact) mass is 383 g/mol. The first-order valence-corrected chi connectivity index (χ1v) is 9.48. The number of nitrogens with one attached hydrogen (secondary N) is 1. The highest BCUT2D eigenvalue weighted by Gasteiger charge is 2.25. The van der Waals surface area contributed by atoms with Crippen LogP contribution in [0.25, 0.3) is 0 Å². The first kappa shape index (κ1) is 17.9. The number of sulfonamides is 1. The number of halogens is 1. The van der Waals surface area contributed by atoms with Crippen molar-refractivity contribution in [1.82, 2.24) is 14.3 Å². The van der Waals surface area contributed by atoms with Crippen LogP contribution in [0.3, 0.4) is 0 Å². The molecule has 25 heavy (non-hydrogen) atoms. The van der Waals surface area contributed by atoms with Crippen molar-refractivity contribution in [2.24, 2.45) is 0 Å². The lowest BCUT2D eigenvalue weighted by Gasteiger charge is -2.26. The highest BCUT2D eigenvalue weighted by Crippen LogP contribution is 2.18. The van der Waals surface area contributed by atoms with Crippen molar-refractivity contribution < 1.29 is 13.2 Å². The molecule has 1 aliphatic heterocycles. The number of rotatable bonds is 5. The van der Waals surface area contributed by atoms with Crippen LogP contribution in [0.5, 0.6) is 0 Å². The van der Waals surface area contributed by atoms with Gasteiger partial charge < -0.3 is 15.8 Å². The number of nitrogens with two attached hydrogens (primary N) is 1. The highest BCUT2D eigenvalue weighted by atomic mass is 35.5. The Morgan fingerprint density at radius 2 is 1.88 bits per heavy atom. The zero-order chi connectivity index (χ0) is 17.9. The van der Waals surface area contributed by atoms with Crippen LogP contribution in [0, 0.1) is 0 Å². The van der Waals surface area contributed by atoms with E-state index in [1.54, 1.807) is 30.3 Å². The number of anilines is 2. The molecule has 134 valence electrons. The Morgan fingerprint density at radius 3 is 2.52 bits per heavy atom. The molecule has 8 nitrogen and oxygen atoms in total. The van der Waals surface area contributed by atoms with Crippen molar-refractivity contribution >= 4 is 33.4 Å². The van der Waals surface area contributed by atoms with Crippen molar-refractivity contribution in [1.29, 1.82) is 0 Å². The largest absolute Gasteiger partial charge is 0.379 e. The molecule has 0 bridgehead atoms. The van der Waals surface area contributed by atoms with Crippen LogP contribution >= 0.6 is 11.6 Å². The fourth-order valence-electron chi connectivity index (χ4n) is 2.43. The topological polar surface area (TPSA) is 110 Å². The van der Waals surface area contributed by atoms with Gasteiger partial charge in [-0.15, -0.1) is 0 Å². The molecule has 1 aliphatic rings. The second-order valence-electron chi connectivity index (χ2n) is 5.45. The Kier molecular flexibility index (Phi) is 5.38. The minimum atomic E-state index is -3.48. The van der Waals surface area contributed by atoms with Gasteiger partial charge >= 0.3 is 0 Å². The van der Waals surface area contributed by atoms with Gasteiger partial charge in [0, 0.05) is 25.7 Å². The zero-order valence-electron chi connectivity index (χ0n) is 13.4. The van der Waals surface area contributed by atoms with Gasteiger partial charge in [0.15, 0.2) is 0 Å². The van der Waals surface area contributed by atoms with Crippen LogP contribution in [0.4, 0.5) is 11.8 Å². The zero-order valence-corrected chi connectivity index (χ0v) is 14.9. The number of nitrogens with zero attached hydrogens (tertiary/aromatic N) is 3. The van der Waals surface area contributed by atoms with Gasteiger partial charge in [0.1, 0.15) is 11.0 Å². The Balaban J connectivity index is 1.67. The molecular weight excluding hydrogens is 366 g/mol. The van der Waals surface area contributed by atoms with Crippen LogP contribution < -0.4 is 11.1 Å². The summed E-state index contributed by atoms with van der Waals surface area (Å²) in [6, 6.07) is 8.28. The summed E-state index contributed by atoms with van der Waals surface area (Å²) in [5.74, 6) is 0.587. The molecule has 2 heterocycles. The van der Waals surface area contributed by atoms with Crippen LogP contribution in [0.2, 0.25) is 5.15 Å². The van der Waals surface area contributed by atoms with Crippen molar-refractivity contribution in [3.8, 4) is 0 Å². The van der Waals surface area contributed by atoms with E-state index in [0.717, 1.165) is 5.56 Å². The van der Waals surface area contributed by atoms with Gasteiger partial charge in [-0.1, -0.05) is 23.7 Å². The minimum Gasteiger partial charge on any atom is -0.379 e. The molecule has 0 radical (unpaired) electrons. The standard InChI is InChI=1S/C15H18ClN5O3S/c16-13-9-14(20-15(17)19-13)18-10-11-1-3-12(4-2-11)25(22,23)21-5-7-24-8-6-21/h1-4,9H,5-8,10H2,(H3,17,18,19,20). The lowest BCUT2D eigenvalue weighted by atomic mass is 10.2. The van der Waals surface area contributed by atoms with Crippen molar-refractivity contribution in [2.75, 3.05) is 37.4 Å². The number of hydrogen-bond acceptors (Lipinski definition) is 7. The summed E-state index contributed by atoms with van der Waals surface area (Å²) < 4.78 is 31.8. The number of aromatic nitrogens is 2. The summed E-state index contributed by atoms with van der Waals surface area (Å²) in [6.45, 7) is 2.05. The smallest absolute Gasteiger partial charge is 0.243 e. The van der Waals surface area contributed by atoms with E-state index in [-0.39, 0.29) is 16.0 Å². The van der Waals surface area contributed by atoms with Crippen LogP contribution in [0.15, 0.2) is 35.2 Å². The molecule has 0 aliphatic carbocycles. The van der Waals surface area contributed by atoms with E-state index in [0.29, 0.717) is 38.7 Å². The Labute approximate surface area is 151 Å². The molecule has 3 N–H and O–H groups in total. The van der Waals surface area contributed by atoms with Crippen LogP contribution in [-0.2, 0) is 21.3 Å². The van der Waals surface area contributed by atoms with E-state index in [2.05, 4.69) is 15.3 Å². The molecular formula is C15H18ClN5O3S. The second kappa shape index (κ2) is 7.52. The molecule has 1 aromatic carbocycles. The van der Waals surface area contributed by atoms with E-state index in [4.69, 9.17) is 22.1 Å². The molecule has 0 unspecified atom stereocenters. The molecule has 1 saturated heterocycles. The molecule has 3 rings (SSSR count). The maximum absolute atomic E-state index is 12.6.